The van der Waals surface area contributed by atoms with E-state index in [0.29, 0.717) is 28.0 Å². The Morgan fingerprint density at radius 2 is 1.79 bits per heavy atom. The molecule has 0 N–H and O–H groups in total. The largest absolute Gasteiger partial charge is 0.469 e. The molecule has 150 valence electrons. The summed E-state index contributed by atoms with van der Waals surface area (Å²) >= 11 is 5.86. The van der Waals surface area contributed by atoms with Gasteiger partial charge in [-0.25, -0.2) is 4.79 Å². The van der Waals surface area contributed by atoms with Gasteiger partial charge in [0.05, 0.1) is 13.5 Å². The lowest BCUT2D eigenvalue weighted by atomic mass is 10.0. The Morgan fingerprint density at radius 3 is 2.48 bits per heavy atom. The van der Waals surface area contributed by atoms with Crippen molar-refractivity contribution in [3.05, 3.63) is 74.6 Å². The molecule has 0 amide bonds. The molecule has 0 radical (unpaired) electrons. The first-order chi connectivity index (χ1) is 13.9. The maximum atomic E-state index is 12.4. The average molecular weight is 415 g/mol. The molecule has 1 aromatic heterocycles. The van der Waals surface area contributed by atoms with Crippen LogP contribution in [0.4, 0.5) is 0 Å². The van der Waals surface area contributed by atoms with Gasteiger partial charge in [0.25, 0.3) is 0 Å². The van der Waals surface area contributed by atoms with Gasteiger partial charge < -0.3 is 13.9 Å². The topological polar surface area (TPSA) is 82.8 Å². The van der Waals surface area contributed by atoms with Crippen LogP contribution in [0.5, 0.6) is 5.75 Å². The zero-order chi connectivity index (χ0) is 21.0. The molecule has 0 aliphatic rings. The minimum atomic E-state index is -0.490. The zero-order valence-corrected chi connectivity index (χ0v) is 16.7. The van der Waals surface area contributed by atoms with Gasteiger partial charge in [-0.3, -0.25) is 9.59 Å². The molecule has 3 rings (SSSR count). The van der Waals surface area contributed by atoms with Crippen LogP contribution < -0.4 is 10.4 Å². The van der Waals surface area contributed by atoms with Crippen LogP contribution in [0.25, 0.3) is 11.0 Å². The maximum Gasteiger partial charge on any atom is 0.336 e. The van der Waals surface area contributed by atoms with E-state index < -0.39 is 11.6 Å². The van der Waals surface area contributed by atoms with Gasteiger partial charge in [-0.1, -0.05) is 23.7 Å². The van der Waals surface area contributed by atoms with Gasteiger partial charge in [-0.05, 0) is 48.2 Å². The fourth-order valence-electron chi connectivity index (χ4n) is 2.95. The van der Waals surface area contributed by atoms with Crippen LogP contribution in [0.15, 0.2) is 51.7 Å². The van der Waals surface area contributed by atoms with E-state index in [2.05, 4.69) is 0 Å². The third kappa shape index (κ3) is 5.23. The second kappa shape index (κ2) is 8.92. The van der Waals surface area contributed by atoms with Gasteiger partial charge in [0.1, 0.15) is 11.3 Å². The highest BCUT2D eigenvalue weighted by atomic mass is 35.5. The van der Waals surface area contributed by atoms with Gasteiger partial charge in [0.2, 0.25) is 0 Å². The Bertz CT molecular complexity index is 1110. The van der Waals surface area contributed by atoms with E-state index in [1.54, 1.807) is 37.3 Å². The van der Waals surface area contributed by atoms with Crippen LogP contribution in [0.3, 0.4) is 0 Å². The van der Waals surface area contributed by atoms with Gasteiger partial charge in [0, 0.05) is 29.0 Å². The van der Waals surface area contributed by atoms with Crippen LogP contribution in [0, 0.1) is 6.92 Å². The first-order valence-corrected chi connectivity index (χ1v) is 9.33. The summed E-state index contributed by atoms with van der Waals surface area (Å²) in [5, 5.41) is 1.29. The van der Waals surface area contributed by atoms with E-state index in [1.807, 2.05) is 0 Å². The summed E-state index contributed by atoms with van der Waals surface area (Å²) in [5.74, 6) is -0.616. The number of halogens is 1. The molecular weight excluding hydrogens is 396 g/mol. The van der Waals surface area contributed by atoms with Crippen molar-refractivity contribution in [2.24, 2.45) is 0 Å². The van der Waals surface area contributed by atoms with Crippen molar-refractivity contribution in [3.8, 4) is 5.75 Å². The minimum Gasteiger partial charge on any atom is -0.469 e. The molecule has 0 saturated heterocycles. The van der Waals surface area contributed by atoms with E-state index in [0.717, 1.165) is 11.1 Å². The highest BCUT2D eigenvalue weighted by Gasteiger charge is 2.15. The van der Waals surface area contributed by atoms with E-state index in [4.69, 9.17) is 25.5 Å². The van der Waals surface area contributed by atoms with Gasteiger partial charge >= 0.3 is 17.6 Å². The second-order valence-electron chi connectivity index (χ2n) is 6.56. The molecule has 0 saturated carbocycles. The number of aryl methyl sites for hydroxylation is 2. The fourth-order valence-corrected chi connectivity index (χ4v) is 3.07. The molecular formula is C22H19ClO6. The van der Waals surface area contributed by atoms with Gasteiger partial charge in [0.15, 0.2) is 0 Å². The lowest BCUT2D eigenvalue weighted by Gasteiger charge is -2.12. The van der Waals surface area contributed by atoms with Gasteiger partial charge in [-0.15, -0.1) is 0 Å². The average Bonchev–Trinajstić information content (AvgIpc) is 2.68. The summed E-state index contributed by atoms with van der Waals surface area (Å²) in [6.45, 7) is 1.79. The van der Waals surface area contributed by atoms with Gasteiger partial charge in [-0.2, -0.15) is 0 Å². The number of benzene rings is 2. The van der Waals surface area contributed by atoms with E-state index in [-0.39, 0.29) is 24.6 Å². The molecule has 6 nitrogen and oxygen atoms in total. The number of methoxy groups -OCH3 is 1. The van der Waals surface area contributed by atoms with Crippen LogP contribution >= 0.6 is 11.6 Å². The first-order valence-electron chi connectivity index (χ1n) is 8.95. The Labute approximate surface area is 172 Å². The number of hydrogen-bond acceptors (Lipinski definition) is 6. The molecule has 0 unspecified atom stereocenters. The number of ether oxygens (including phenoxy) is 2. The summed E-state index contributed by atoms with van der Waals surface area (Å²) in [5.41, 5.74) is 1.94. The molecule has 0 spiro atoms. The summed E-state index contributed by atoms with van der Waals surface area (Å²) in [7, 11) is 1.31. The SMILES string of the molecule is COC(=O)CCc1cc2c(C)cc(=O)oc2cc1OC(=O)Cc1ccc(Cl)cc1. The molecule has 0 aliphatic heterocycles. The quantitative estimate of drug-likeness (QED) is 0.344. The number of fused-ring (bicyclic) bond motifs is 1. The summed E-state index contributed by atoms with van der Waals surface area (Å²) < 4.78 is 15.5. The first kappa shape index (κ1) is 20.6. The van der Waals surface area contributed by atoms with Crippen molar-refractivity contribution < 1.29 is 23.5 Å². The Balaban J connectivity index is 1.92. The zero-order valence-electron chi connectivity index (χ0n) is 16.0. The van der Waals surface area contributed by atoms with Crippen LogP contribution in [0.2, 0.25) is 5.02 Å². The summed E-state index contributed by atoms with van der Waals surface area (Å²) in [4.78, 5) is 35.7. The number of carbonyl (C=O) groups is 2. The Kier molecular flexibility index (Phi) is 6.34. The molecule has 1 heterocycles. The van der Waals surface area contributed by atoms with Crippen LogP contribution in [0.1, 0.15) is 23.1 Å². The summed E-state index contributed by atoms with van der Waals surface area (Å²) in [6, 6.07) is 11.5. The van der Waals surface area contributed by atoms with Crippen molar-refractivity contribution in [1.82, 2.24) is 0 Å². The van der Waals surface area contributed by atoms with E-state index in [9.17, 15) is 14.4 Å². The van der Waals surface area contributed by atoms with E-state index in [1.165, 1.54) is 19.2 Å². The lowest BCUT2D eigenvalue weighted by Crippen LogP contribution is -2.13. The Hall–Kier alpha value is -3.12. The van der Waals surface area contributed by atoms with Crippen molar-refractivity contribution in [2.45, 2.75) is 26.2 Å². The molecule has 0 aliphatic carbocycles. The molecule has 0 atom stereocenters. The maximum absolute atomic E-state index is 12.4. The smallest absolute Gasteiger partial charge is 0.336 e. The summed E-state index contributed by atoms with van der Waals surface area (Å²) in [6.07, 6.45) is 0.480. The number of carbonyl (C=O) groups excluding carboxylic acids is 2. The van der Waals surface area contributed by atoms with E-state index >= 15 is 0 Å². The highest BCUT2D eigenvalue weighted by Crippen LogP contribution is 2.29. The predicted molar refractivity (Wildman–Crippen MR) is 108 cm³/mol. The highest BCUT2D eigenvalue weighted by molar-refractivity contribution is 6.30. The molecule has 0 fully saturated rings. The minimum absolute atomic E-state index is 0.0451. The van der Waals surface area contributed by atoms with Crippen LogP contribution in [-0.4, -0.2) is 19.0 Å². The standard InChI is InChI=1S/C22H19ClO6/c1-13-9-21(25)29-19-12-18(15(11-17(13)19)5-8-20(24)27-2)28-22(26)10-14-3-6-16(23)7-4-14/h3-4,6-7,9,11-12H,5,8,10H2,1-2H3. The molecule has 29 heavy (non-hydrogen) atoms. The third-order valence-electron chi connectivity index (χ3n) is 4.44. The molecule has 0 bridgehead atoms. The van der Waals surface area contributed by atoms with Crippen molar-refractivity contribution in [1.29, 1.82) is 0 Å². The fraction of sp³-hybridized carbons (Fsp3) is 0.227. The van der Waals surface area contributed by atoms with Crippen LogP contribution in [-0.2, 0) is 27.2 Å². The number of esters is 2. The Morgan fingerprint density at radius 1 is 1.07 bits per heavy atom. The van der Waals surface area contributed by atoms with Crippen molar-refractivity contribution in [2.75, 3.05) is 7.11 Å². The normalized spacial score (nSPS) is 10.7. The number of hydrogen-bond donors (Lipinski definition) is 0. The predicted octanol–water partition coefficient (Wildman–Crippen LogP) is 4.01. The lowest BCUT2D eigenvalue weighted by molar-refractivity contribution is -0.140. The third-order valence-corrected chi connectivity index (χ3v) is 4.70. The number of rotatable bonds is 6. The van der Waals surface area contributed by atoms with Crippen molar-refractivity contribution in [3.63, 3.8) is 0 Å². The monoisotopic (exact) mass is 414 g/mol. The molecule has 3 aromatic rings. The molecule has 2 aromatic carbocycles. The molecule has 7 heteroatoms. The van der Waals surface area contributed by atoms with Crippen molar-refractivity contribution >= 4 is 34.5 Å². The second-order valence-corrected chi connectivity index (χ2v) is 6.99.